The highest BCUT2D eigenvalue weighted by molar-refractivity contribution is 5.94. The second-order valence-corrected chi connectivity index (χ2v) is 5.90. The van der Waals surface area contributed by atoms with Crippen molar-refractivity contribution in [2.24, 2.45) is 0 Å². The number of ether oxygens (including phenoxy) is 1. The number of rotatable bonds is 3. The Labute approximate surface area is 151 Å². The molecule has 1 aromatic carbocycles. The number of hydrogen-bond acceptors (Lipinski definition) is 4. The first-order chi connectivity index (χ1) is 12.9. The Balaban J connectivity index is 1.62. The van der Waals surface area contributed by atoms with Crippen LogP contribution in [0.15, 0.2) is 48.7 Å². The zero-order chi connectivity index (χ0) is 19.0. The average molecular weight is 374 g/mol. The van der Waals surface area contributed by atoms with Crippen molar-refractivity contribution < 1.29 is 22.7 Å². The number of carbonyl (C=O) groups excluding carboxylic acids is 1. The molecule has 0 saturated carbocycles. The zero-order valence-corrected chi connectivity index (χ0v) is 13.8. The van der Waals surface area contributed by atoms with E-state index in [9.17, 15) is 18.0 Å². The molecule has 0 atom stereocenters. The van der Waals surface area contributed by atoms with Gasteiger partial charge in [0.05, 0.1) is 17.9 Å². The first-order valence-corrected chi connectivity index (χ1v) is 8.08. The smallest absolute Gasteiger partial charge is 0.406 e. The van der Waals surface area contributed by atoms with E-state index in [1.807, 2.05) is 0 Å². The monoisotopic (exact) mass is 374 g/mol. The lowest BCUT2D eigenvalue weighted by atomic mass is 10.1. The van der Waals surface area contributed by atoms with Crippen LogP contribution in [0.5, 0.6) is 5.75 Å². The van der Waals surface area contributed by atoms with Gasteiger partial charge in [-0.2, -0.15) is 5.10 Å². The van der Waals surface area contributed by atoms with Gasteiger partial charge in [-0.15, -0.1) is 13.2 Å². The fraction of sp³-hybridized carbons (Fsp3) is 0.167. The summed E-state index contributed by atoms with van der Waals surface area (Å²) in [5, 5.41) is 7.20. The fourth-order valence-corrected chi connectivity index (χ4v) is 2.85. The van der Waals surface area contributed by atoms with Crippen molar-refractivity contribution in [1.29, 1.82) is 0 Å². The number of carbonyl (C=O) groups is 1. The minimum Gasteiger partial charge on any atom is -0.406 e. The normalized spacial score (nSPS) is 13.8. The molecule has 1 amide bonds. The molecule has 138 valence electrons. The van der Waals surface area contributed by atoms with Gasteiger partial charge in [0, 0.05) is 23.9 Å². The highest BCUT2D eigenvalue weighted by Gasteiger charge is 2.31. The van der Waals surface area contributed by atoms with Crippen molar-refractivity contribution in [2.45, 2.75) is 12.9 Å². The predicted molar refractivity (Wildman–Crippen MR) is 89.9 cm³/mol. The maximum absolute atomic E-state index is 12.3. The van der Waals surface area contributed by atoms with Crippen molar-refractivity contribution in [3.05, 3.63) is 54.4 Å². The van der Waals surface area contributed by atoms with Crippen LogP contribution in [0.3, 0.4) is 0 Å². The number of nitrogens with zero attached hydrogens (tertiary/aromatic N) is 3. The lowest BCUT2D eigenvalue weighted by Crippen LogP contribution is -2.35. The van der Waals surface area contributed by atoms with Gasteiger partial charge in [0.2, 0.25) is 0 Å². The summed E-state index contributed by atoms with van der Waals surface area (Å²) in [6, 6.07) is 10.7. The van der Waals surface area contributed by atoms with Crippen molar-refractivity contribution in [3.8, 4) is 28.3 Å². The molecule has 0 fully saturated rings. The van der Waals surface area contributed by atoms with Crippen molar-refractivity contribution >= 4 is 5.91 Å². The van der Waals surface area contributed by atoms with E-state index in [1.165, 1.54) is 24.3 Å². The Morgan fingerprint density at radius 2 is 1.81 bits per heavy atom. The molecule has 9 heteroatoms. The molecule has 3 aromatic rings. The third-order valence-corrected chi connectivity index (χ3v) is 4.06. The summed E-state index contributed by atoms with van der Waals surface area (Å²) in [5.74, 6) is -0.468. The van der Waals surface area contributed by atoms with E-state index in [-0.39, 0.29) is 11.7 Å². The SMILES string of the molecule is O=C1NCCn2nc(-c3ccnc(-c4ccc(OC(F)(F)F)cc4)c3)cc21. The predicted octanol–water partition coefficient (Wildman–Crippen LogP) is 3.25. The summed E-state index contributed by atoms with van der Waals surface area (Å²) in [7, 11) is 0. The van der Waals surface area contributed by atoms with Crippen LogP contribution < -0.4 is 10.1 Å². The Morgan fingerprint density at radius 3 is 2.52 bits per heavy atom. The van der Waals surface area contributed by atoms with Gasteiger partial charge in [-0.25, -0.2) is 0 Å². The third-order valence-electron chi connectivity index (χ3n) is 4.06. The fourth-order valence-electron chi connectivity index (χ4n) is 2.85. The van der Waals surface area contributed by atoms with E-state index >= 15 is 0 Å². The standard InChI is InChI=1S/C18H13F3N4O2/c19-18(20,21)27-13-3-1-11(2-4-13)14-9-12(5-6-22-14)15-10-16-17(26)23-7-8-25(16)24-15/h1-6,9-10H,7-8H2,(H,23,26). The largest absolute Gasteiger partial charge is 0.573 e. The summed E-state index contributed by atoms with van der Waals surface area (Å²) >= 11 is 0. The molecule has 27 heavy (non-hydrogen) atoms. The van der Waals surface area contributed by atoms with Gasteiger partial charge < -0.3 is 10.1 Å². The van der Waals surface area contributed by atoms with Crippen molar-refractivity contribution in [1.82, 2.24) is 20.1 Å². The van der Waals surface area contributed by atoms with Gasteiger partial charge in [0.1, 0.15) is 11.4 Å². The van der Waals surface area contributed by atoms with Gasteiger partial charge in [-0.1, -0.05) is 0 Å². The number of benzene rings is 1. The maximum Gasteiger partial charge on any atom is 0.573 e. The highest BCUT2D eigenvalue weighted by Crippen LogP contribution is 2.28. The van der Waals surface area contributed by atoms with Gasteiger partial charge in [0.25, 0.3) is 5.91 Å². The van der Waals surface area contributed by atoms with Crippen LogP contribution in [0.1, 0.15) is 10.5 Å². The van der Waals surface area contributed by atoms with Crippen LogP contribution in [0.25, 0.3) is 22.5 Å². The van der Waals surface area contributed by atoms with Crippen LogP contribution >= 0.6 is 0 Å². The van der Waals surface area contributed by atoms with E-state index in [2.05, 4.69) is 20.1 Å². The minimum atomic E-state index is -4.73. The van der Waals surface area contributed by atoms with Crippen molar-refractivity contribution in [3.63, 3.8) is 0 Å². The van der Waals surface area contributed by atoms with Crippen LogP contribution in [-0.4, -0.2) is 33.6 Å². The minimum absolute atomic E-state index is 0.172. The molecule has 4 rings (SSSR count). The highest BCUT2D eigenvalue weighted by atomic mass is 19.4. The summed E-state index contributed by atoms with van der Waals surface area (Å²) in [5.41, 5.74) is 3.07. The number of hydrogen-bond donors (Lipinski definition) is 1. The molecule has 0 aliphatic carbocycles. The van der Waals surface area contributed by atoms with E-state index in [0.29, 0.717) is 35.7 Å². The number of pyridine rings is 1. The molecule has 2 aromatic heterocycles. The maximum atomic E-state index is 12.3. The topological polar surface area (TPSA) is 69.0 Å². The second-order valence-electron chi connectivity index (χ2n) is 5.90. The average Bonchev–Trinajstić information content (AvgIpc) is 3.07. The number of fused-ring (bicyclic) bond motifs is 1. The van der Waals surface area contributed by atoms with Gasteiger partial charge in [0.15, 0.2) is 0 Å². The van der Waals surface area contributed by atoms with Gasteiger partial charge >= 0.3 is 6.36 Å². The molecule has 3 heterocycles. The van der Waals surface area contributed by atoms with E-state index < -0.39 is 6.36 Å². The number of halogens is 3. The molecule has 1 aliphatic rings. The van der Waals surface area contributed by atoms with E-state index in [4.69, 9.17) is 0 Å². The summed E-state index contributed by atoms with van der Waals surface area (Å²) in [6.45, 7) is 1.13. The van der Waals surface area contributed by atoms with Crippen LogP contribution in [-0.2, 0) is 6.54 Å². The molecule has 0 radical (unpaired) electrons. The molecule has 0 unspecified atom stereocenters. The number of aromatic nitrogens is 3. The van der Waals surface area contributed by atoms with Crippen LogP contribution in [0, 0.1) is 0 Å². The Bertz CT molecular complexity index is 997. The first-order valence-electron chi connectivity index (χ1n) is 8.08. The summed E-state index contributed by atoms with van der Waals surface area (Å²) < 4.78 is 42.3. The third kappa shape index (κ3) is 3.62. The van der Waals surface area contributed by atoms with E-state index in [0.717, 1.165) is 5.56 Å². The number of nitrogens with one attached hydrogen (secondary N) is 1. The molecule has 1 N–H and O–H groups in total. The zero-order valence-electron chi connectivity index (χ0n) is 13.8. The Hall–Kier alpha value is -3.36. The van der Waals surface area contributed by atoms with Crippen LogP contribution in [0.4, 0.5) is 13.2 Å². The molecular formula is C18H13F3N4O2. The van der Waals surface area contributed by atoms with Gasteiger partial charge in [-0.3, -0.25) is 14.5 Å². The second kappa shape index (κ2) is 6.42. The quantitative estimate of drug-likeness (QED) is 0.764. The first kappa shape index (κ1) is 17.1. The summed E-state index contributed by atoms with van der Waals surface area (Å²) in [6.07, 6.45) is -3.14. The van der Waals surface area contributed by atoms with Crippen molar-refractivity contribution in [2.75, 3.05) is 6.54 Å². The Morgan fingerprint density at radius 1 is 1.04 bits per heavy atom. The van der Waals surface area contributed by atoms with Gasteiger partial charge in [-0.05, 0) is 42.5 Å². The number of alkyl halides is 3. The van der Waals surface area contributed by atoms with E-state index in [1.54, 1.807) is 29.1 Å². The molecule has 0 saturated heterocycles. The van der Waals surface area contributed by atoms with Crippen LogP contribution in [0.2, 0.25) is 0 Å². The molecule has 0 spiro atoms. The lowest BCUT2D eigenvalue weighted by Gasteiger charge is -2.13. The molecule has 6 nitrogen and oxygen atoms in total. The summed E-state index contributed by atoms with van der Waals surface area (Å²) in [4.78, 5) is 16.1. The Kier molecular flexibility index (Phi) is 4.06. The lowest BCUT2D eigenvalue weighted by molar-refractivity contribution is -0.274. The molecule has 1 aliphatic heterocycles. The molecule has 0 bridgehead atoms. The number of amides is 1. The molecular weight excluding hydrogens is 361 g/mol.